The van der Waals surface area contributed by atoms with E-state index in [1.165, 1.54) is 20.9 Å². The minimum atomic E-state index is 0.554. The van der Waals surface area contributed by atoms with E-state index in [0.29, 0.717) is 20.8 Å². The topological polar surface area (TPSA) is 0 Å². The number of hydrogen-bond acceptors (Lipinski definition) is 0. The molecule has 1 aromatic carbocycles. The number of hydrogen-bond donors (Lipinski definition) is 0. The summed E-state index contributed by atoms with van der Waals surface area (Å²) in [6.45, 7) is 4.30. The predicted molar refractivity (Wildman–Crippen MR) is 65.7 cm³/mol. The molecule has 0 bridgehead atoms. The first-order chi connectivity index (χ1) is 6.74. The Bertz CT molecular complexity index is 303. The third-order valence-electron chi connectivity index (χ3n) is 2.13. The molecule has 0 N–H and O–H groups in total. The first-order valence-corrected chi connectivity index (χ1v) is 7.23. The van der Waals surface area contributed by atoms with Crippen molar-refractivity contribution in [2.24, 2.45) is 0 Å². The molecule has 0 fully saturated rings. The van der Waals surface area contributed by atoms with Crippen molar-refractivity contribution in [2.75, 3.05) is 5.88 Å². The summed E-state index contributed by atoms with van der Waals surface area (Å²) >= 11 is 6.33. The number of rotatable bonds is 4. The molecule has 2 heteroatoms. The SMILES string of the molecule is C/C(CCl)=C(\C)C[Se]c1ccccc1. The van der Waals surface area contributed by atoms with Gasteiger partial charge in [-0.25, -0.2) is 0 Å². The Labute approximate surface area is 97.5 Å². The average Bonchev–Trinajstić information content (AvgIpc) is 2.26. The van der Waals surface area contributed by atoms with Crippen molar-refractivity contribution in [1.82, 2.24) is 0 Å². The van der Waals surface area contributed by atoms with Gasteiger partial charge in [0, 0.05) is 0 Å². The second kappa shape index (κ2) is 6.29. The summed E-state index contributed by atoms with van der Waals surface area (Å²) in [5.74, 6) is 0.663. The Morgan fingerprint density at radius 2 is 1.79 bits per heavy atom. The zero-order valence-electron chi connectivity index (χ0n) is 8.59. The average molecular weight is 274 g/mol. The van der Waals surface area contributed by atoms with Crippen LogP contribution in [0.2, 0.25) is 5.32 Å². The Hall–Kier alpha value is -0.231. The van der Waals surface area contributed by atoms with Crippen LogP contribution in [0.3, 0.4) is 0 Å². The van der Waals surface area contributed by atoms with Gasteiger partial charge in [-0.1, -0.05) is 0 Å². The van der Waals surface area contributed by atoms with Crippen LogP contribution < -0.4 is 4.46 Å². The molecule has 0 saturated heterocycles. The second-order valence-corrected chi connectivity index (χ2v) is 5.76. The molecular weight excluding hydrogens is 259 g/mol. The van der Waals surface area contributed by atoms with Crippen LogP contribution in [-0.4, -0.2) is 20.8 Å². The van der Waals surface area contributed by atoms with Crippen LogP contribution in [0.15, 0.2) is 41.5 Å². The predicted octanol–water partition coefficient (Wildman–Crippen LogP) is 3.01. The van der Waals surface area contributed by atoms with E-state index in [2.05, 4.69) is 44.2 Å². The van der Waals surface area contributed by atoms with Crippen LogP contribution in [0.1, 0.15) is 13.8 Å². The third-order valence-corrected chi connectivity index (χ3v) is 5.01. The molecule has 0 aliphatic heterocycles. The summed E-state index contributed by atoms with van der Waals surface area (Å²) in [6, 6.07) is 10.7. The van der Waals surface area contributed by atoms with E-state index in [1.54, 1.807) is 0 Å². The molecule has 0 nitrogen and oxygen atoms in total. The molecule has 0 heterocycles. The van der Waals surface area contributed by atoms with Crippen molar-refractivity contribution in [2.45, 2.75) is 19.2 Å². The van der Waals surface area contributed by atoms with Crippen LogP contribution in [0.4, 0.5) is 0 Å². The van der Waals surface area contributed by atoms with Crippen LogP contribution in [0.5, 0.6) is 0 Å². The van der Waals surface area contributed by atoms with Crippen LogP contribution in [-0.2, 0) is 0 Å². The molecule has 0 radical (unpaired) electrons. The minimum absolute atomic E-state index is 0.554. The fourth-order valence-electron chi connectivity index (χ4n) is 0.946. The van der Waals surface area contributed by atoms with E-state index in [-0.39, 0.29) is 0 Å². The van der Waals surface area contributed by atoms with Gasteiger partial charge in [-0.15, -0.1) is 0 Å². The maximum absolute atomic E-state index is 5.78. The normalized spacial score (nSPS) is 12.5. The monoisotopic (exact) mass is 274 g/mol. The number of halogens is 1. The summed E-state index contributed by atoms with van der Waals surface area (Å²) in [5.41, 5.74) is 2.77. The standard InChI is InChI=1S/C12H15ClSe/c1-10(8-13)11(2)9-14-12-6-4-3-5-7-12/h3-7H,8-9H2,1-2H3/b11-10-. The first-order valence-electron chi connectivity index (χ1n) is 4.63. The zero-order valence-corrected chi connectivity index (χ0v) is 11.1. The molecule has 0 amide bonds. The van der Waals surface area contributed by atoms with Crippen molar-refractivity contribution in [1.29, 1.82) is 0 Å². The zero-order chi connectivity index (χ0) is 10.4. The van der Waals surface area contributed by atoms with Gasteiger partial charge < -0.3 is 0 Å². The Morgan fingerprint density at radius 3 is 2.36 bits per heavy atom. The van der Waals surface area contributed by atoms with Gasteiger partial charge in [0.05, 0.1) is 0 Å². The Morgan fingerprint density at radius 1 is 1.14 bits per heavy atom. The summed E-state index contributed by atoms with van der Waals surface area (Å²) in [5, 5.41) is 1.18. The van der Waals surface area contributed by atoms with Crippen molar-refractivity contribution >= 4 is 31.0 Å². The van der Waals surface area contributed by atoms with Gasteiger partial charge in [-0.05, 0) is 0 Å². The molecule has 76 valence electrons. The molecule has 0 saturated carbocycles. The first kappa shape index (κ1) is 11.8. The molecule has 0 aliphatic rings. The molecule has 1 aromatic rings. The molecule has 0 spiro atoms. The van der Waals surface area contributed by atoms with Gasteiger partial charge >= 0.3 is 97.5 Å². The maximum atomic E-state index is 5.78. The molecule has 0 atom stereocenters. The summed E-state index contributed by atoms with van der Waals surface area (Å²) in [4.78, 5) is 0. The van der Waals surface area contributed by atoms with Gasteiger partial charge in [-0.2, -0.15) is 0 Å². The van der Waals surface area contributed by atoms with Crippen molar-refractivity contribution in [3.05, 3.63) is 41.5 Å². The van der Waals surface area contributed by atoms with Gasteiger partial charge in [0.15, 0.2) is 0 Å². The van der Waals surface area contributed by atoms with E-state index >= 15 is 0 Å². The van der Waals surface area contributed by atoms with E-state index in [4.69, 9.17) is 11.6 Å². The van der Waals surface area contributed by atoms with Crippen LogP contribution >= 0.6 is 11.6 Å². The molecule has 0 unspecified atom stereocenters. The van der Waals surface area contributed by atoms with Gasteiger partial charge in [0.1, 0.15) is 0 Å². The third kappa shape index (κ3) is 3.87. The molecule has 1 rings (SSSR count). The quantitative estimate of drug-likeness (QED) is 0.449. The molecule has 0 aliphatic carbocycles. The number of allylic oxidation sites excluding steroid dienone is 2. The van der Waals surface area contributed by atoms with E-state index in [9.17, 15) is 0 Å². The van der Waals surface area contributed by atoms with E-state index in [0.717, 1.165) is 0 Å². The van der Waals surface area contributed by atoms with E-state index < -0.39 is 0 Å². The van der Waals surface area contributed by atoms with Crippen LogP contribution in [0, 0.1) is 0 Å². The van der Waals surface area contributed by atoms with Crippen molar-refractivity contribution in [3.63, 3.8) is 0 Å². The number of benzene rings is 1. The van der Waals surface area contributed by atoms with Gasteiger partial charge in [-0.3, -0.25) is 0 Å². The van der Waals surface area contributed by atoms with E-state index in [1.807, 2.05) is 0 Å². The van der Waals surface area contributed by atoms with Crippen LogP contribution in [0.25, 0.3) is 0 Å². The Balaban J connectivity index is 2.50. The fourth-order valence-corrected chi connectivity index (χ4v) is 3.23. The fraction of sp³-hybridized carbons (Fsp3) is 0.333. The number of alkyl halides is 1. The van der Waals surface area contributed by atoms with Crippen molar-refractivity contribution in [3.8, 4) is 0 Å². The molecule has 14 heavy (non-hydrogen) atoms. The summed E-state index contributed by atoms with van der Waals surface area (Å²) in [6.07, 6.45) is 0. The summed E-state index contributed by atoms with van der Waals surface area (Å²) < 4.78 is 1.46. The Kier molecular flexibility index (Phi) is 5.32. The molecular formula is C12H15ClSe. The van der Waals surface area contributed by atoms with Gasteiger partial charge in [0.25, 0.3) is 0 Å². The molecule has 0 aromatic heterocycles. The second-order valence-electron chi connectivity index (χ2n) is 3.30. The van der Waals surface area contributed by atoms with Gasteiger partial charge in [0.2, 0.25) is 0 Å². The van der Waals surface area contributed by atoms with Crippen molar-refractivity contribution < 1.29 is 0 Å². The summed E-state index contributed by atoms with van der Waals surface area (Å²) in [7, 11) is 0.